The Morgan fingerprint density at radius 2 is 2.00 bits per heavy atom. The summed E-state index contributed by atoms with van der Waals surface area (Å²) in [4.78, 5) is 32.3. The Labute approximate surface area is 167 Å². The first-order valence-corrected chi connectivity index (χ1v) is 9.39. The van der Waals surface area contributed by atoms with Crippen LogP contribution >= 0.6 is 0 Å². The SMILES string of the molecule is O=C(C[C@H]1CC[C@@H](NC(=O)c2ccc(F)cc2)[C@@H](CO)O1)NCc1ccncn1. The van der Waals surface area contributed by atoms with E-state index in [1.807, 2.05) is 0 Å². The van der Waals surface area contributed by atoms with Crippen LogP contribution in [0.2, 0.25) is 0 Å². The predicted molar refractivity (Wildman–Crippen MR) is 101 cm³/mol. The molecule has 0 bridgehead atoms. The minimum absolute atomic E-state index is 0.153. The second-order valence-electron chi connectivity index (χ2n) is 6.82. The number of ether oxygens (including phenoxy) is 1. The average molecular weight is 402 g/mol. The maximum Gasteiger partial charge on any atom is 0.251 e. The van der Waals surface area contributed by atoms with Crippen molar-refractivity contribution in [2.24, 2.45) is 0 Å². The number of amides is 2. The quantitative estimate of drug-likeness (QED) is 0.636. The molecule has 1 aliphatic heterocycles. The highest BCUT2D eigenvalue weighted by Crippen LogP contribution is 2.22. The number of nitrogens with zero attached hydrogens (tertiary/aromatic N) is 2. The van der Waals surface area contributed by atoms with Gasteiger partial charge in [-0.3, -0.25) is 9.59 Å². The van der Waals surface area contributed by atoms with Gasteiger partial charge in [-0.25, -0.2) is 14.4 Å². The van der Waals surface area contributed by atoms with Crippen LogP contribution in [0.1, 0.15) is 35.3 Å². The van der Waals surface area contributed by atoms with Gasteiger partial charge in [0.05, 0.1) is 37.4 Å². The van der Waals surface area contributed by atoms with Gasteiger partial charge in [0.2, 0.25) is 5.91 Å². The summed E-state index contributed by atoms with van der Waals surface area (Å²) in [7, 11) is 0. The summed E-state index contributed by atoms with van der Waals surface area (Å²) < 4.78 is 18.8. The Balaban J connectivity index is 1.47. The first-order chi connectivity index (χ1) is 14.0. The fraction of sp³-hybridized carbons (Fsp3) is 0.400. The van der Waals surface area contributed by atoms with Gasteiger partial charge >= 0.3 is 0 Å². The lowest BCUT2D eigenvalue weighted by Crippen LogP contribution is -2.51. The lowest BCUT2D eigenvalue weighted by Gasteiger charge is -2.36. The molecule has 3 atom stereocenters. The molecule has 0 radical (unpaired) electrons. The number of benzene rings is 1. The second-order valence-corrected chi connectivity index (χ2v) is 6.82. The zero-order chi connectivity index (χ0) is 20.6. The van der Waals surface area contributed by atoms with E-state index in [1.165, 1.54) is 30.6 Å². The normalized spacial score (nSPS) is 21.4. The van der Waals surface area contributed by atoms with Crippen LogP contribution in [0, 0.1) is 5.82 Å². The molecule has 1 fully saturated rings. The number of rotatable bonds is 7. The van der Waals surface area contributed by atoms with Gasteiger partial charge in [0, 0.05) is 11.8 Å². The minimum Gasteiger partial charge on any atom is -0.394 e. The topological polar surface area (TPSA) is 113 Å². The van der Waals surface area contributed by atoms with Crippen LogP contribution in [0.4, 0.5) is 4.39 Å². The summed E-state index contributed by atoms with van der Waals surface area (Å²) in [6.07, 6.45) is 3.32. The zero-order valence-electron chi connectivity index (χ0n) is 15.8. The molecule has 9 heteroatoms. The van der Waals surface area contributed by atoms with E-state index in [4.69, 9.17) is 4.74 Å². The maximum absolute atomic E-state index is 13.0. The van der Waals surface area contributed by atoms with Crippen LogP contribution in [-0.2, 0) is 16.1 Å². The van der Waals surface area contributed by atoms with Crippen LogP contribution in [0.3, 0.4) is 0 Å². The number of hydrogen-bond donors (Lipinski definition) is 3. The number of carbonyl (C=O) groups excluding carboxylic acids is 2. The lowest BCUT2D eigenvalue weighted by molar-refractivity contribution is -0.131. The van der Waals surface area contributed by atoms with Gasteiger partial charge < -0.3 is 20.5 Å². The van der Waals surface area contributed by atoms with Crippen LogP contribution in [0.5, 0.6) is 0 Å². The van der Waals surface area contributed by atoms with Crippen molar-refractivity contribution < 1.29 is 23.8 Å². The van der Waals surface area contributed by atoms with Crippen LogP contribution in [0.15, 0.2) is 42.9 Å². The molecule has 8 nitrogen and oxygen atoms in total. The Morgan fingerprint density at radius 1 is 1.21 bits per heavy atom. The molecule has 2 amide bonds. The molecule has 0 saturated carbocycles. The van der Waals surface area contributed by atoms with Crippen molar-refractivity contribution in [1.29, 1.82) is 0 Å². The number of halogens is 1. The standard InChI is InChI=1S/C20H23FN4O4/c21-14-3-1-13(2-4-14)20(28)25-17-6-5-16(29-18(17)11-26)9-19(27)23-10-15-7-8-22-12-24-15/h1-4,7-8,12,16-18,26H,5-6,9-11H2,(H,23,27)(H,25,28)/t16-,17-,18-/m1/s1. The molecule has 29 heavy (non-hydrogen) atoms. The van der Waals surface area contributed by atoms with Crippen LogP contribution in [-0.4, -0.2) is 51.7 Å². The van der Waals surface area contributed by atoms with E-state index in [9.17, 15) is 19.1 Å². The molecule has 0 spiro atoms. The number of aromatic nitrogens is 2. The number of aliphatic hydroxyl groups is 1. The summed E-state index contributed by atoms with van der Waals surface area (Å²) in [6.45, 7) is 0.0152. The molecular formula is C20H23FN4O4. The van der Waals surface area contributed by atoms with Crippen molar-refractivity contribution in [3.05, 3.63) is 59.9 Å². The highest BCUT2D eigenvalue weighted by Gasteiger charge is 2.33. The van der Waals surface area contributed by atoms with Crippen molar-refractivity contribution >= 4 is 11.8 Å². The summed E-state index contributed by atoms with van der Waals surface area (Å²) in [6, 6.07) is 6.55. The molecule has 1 aliphatic rings. The van der Waals surface area contributed by atoms with Gasteiger partial charge in [0.1, 0.15) is 18.2 Å². The van der Waals surface area contributed by atoms with E-state index >= 15 is 0 Å². The van der Waals surface area contributed by atoms with Crippen molar-refractivity contribution in [3.8, 4) is 0 Å². The van der Waals surface area contributed by atoms with Gasteiger partial charge in [0.15, 0.2) is 0 Å². The molecule has 2 aromatic rings. The molecule has 3 N–H and O–H groups in total. The minimum atomic E-state index is -0.618. The number of hydrogen-bond acceptors (Lipinski definition) is 6. The fourth-order valence-corrected chi connectivity index (χ4v) is 3.19. The van der Waals surface area contributed by atoms with Gasteiger partial charge in [-0.05, 0) is 43.2 Å². The third-order valence-electron chi connectivity index (χ3n) is 4.74. The molecule has 3 rings (SSSR count). The van der Waals surface area contributed by atoms with Crippen molar-refractivity contribution in [1.82, 2.24) is 20.6 Å². The first kappa shape index (κ1) is 20.8. The first-order valence-electron chi connectivity index (χ1n) is 9.39. The molecule has 1 saturated heterocycles. The van der Waals surface area contributed by atoms with E-state index < -0.39 is 18.0 Å². The average Bonchev–Trinajstić information content (AvgIpc) is 2.74. The summed E-state index contributed by atoms with van der Waals surface area (Å²) in [5.41, 5.74) is 1.03. The maximum atomic E-state index is 13.0. The van der Waals surface area contributed by atoms with Gasteiger partial charge in [-0.15, -0.1) is 0 Å². The number of carbonyl (C=O) groups is 2. The number of nitrogens with one attached hydrogen (secondary N) is 2. The largest absolute Gasteiger partial charge is 0.394 e. The second kappa shape index (κ2) is 10.0. The molecule has 1 aromatic carbocycles. The molecule has 2 heterocycles. The Hall–Kier alpha value is -2.91. The van der Waals surface area contributed by atoms with Gasteiger partial charge in [-0.2, -0.15) is 0 Å². The Morgan fingerprint density at radius 3 is 2.69 bits per heavy atom. The molecule has 0 aliphatic carbocycles. The Bertz CT molecular complexity index is 819. The third-order valence-corrected chi connectivity index (χ3v) is 4.74. The monoisotopic (exact) mass is 402 g/mol. The van der Waals surface area contributed by atoms with Gasteiger partial charge in [-0.1, -0.05) is 0 Å². The van der Waals surface area contributed by atoms with Crippen molar-refractivity contribution in [3.63, 3.8) is 0 Å². The highest BCUT2D eigenvalue weighted by molar-refractivity contribution is 5.94. The van der Waals surface area contributed by atoms with E-state index in [2.05, 4.69) is 20.6 Å². The molecule has 1 aromatic heterocycles. The van der Waals surface area contributed by atoms with Crippen molar-refractivity contribution in [2.75, 3.05) is 6.61 Å². The highest BCUT2D eigenvalue weighted by atomic mass is 19.1. The Kier molecular flexibility index (Phi) is 7.20. The van der Waals surface area contributed by atoms with E-state index in [1.54, 1.807) is 12.3 Å². The zero-order valence-corrected chi connectivity index (χ0v) is 15.8. The van der Waals surface area contributed by atoms with Crippen molar-refractivity contribution in [2.45, 2.75) is 44.1 Å². The fourth-order valence-electron chi connectivity index (χ4n) is 3.19. The molecular weight excluding hydrogens is 379 g/mol. The summed E-state index contributed by atoms with van der Waals surface area (Å²) in [5.74, 6) is -0.964. The third kappa shape index (κ3) is 6.03. The van der Waals surface area contributed by atoms with Crippen LogP contribution < -0.4 is 10.6 Å². The predicted octanol–water partition coefficient (Wildman–Crippen LogP) is 0.960. The number of aliphatic hydroxyl groups excluding tert-OH is 1. The van der Waals surface area contributed by atoms with E-state index in [0.717, 1.165) is 0 Å². The molecule has 154 valence electrons. The van der Waals surface area contributed by atoms with E-state index in [-0.39, 0.29) is 30.9 Å². The summed E-state index contributed by atoms with van der Waals surface area (Å²) in [5, 5.41) is 15.2. The summed E-state index contributed by atoms with van der Waals surface area (Å²) >= 11 is 0. The lowest BCUT2D eigenvalue weighted by atomic mass is 9.96. The molecule has 0 unspecified atom stereocenters. The van der Waals surface area contributed by atoms with Gasteiger partial charge in [0.25, 0.3) is 5.91 Å². The van der Waals surface area contributed by atoms with Crippen LogP contribution in [0.25, 0.3) is 0 Å². The smallest absolute Gasteiger partial charge is 0.251 e. The van der Waals surface area contributed by atoms with E-state index in [0.29, 0.717) is 30.6 Å².